The molecule has 0 saturated carbocycles. The third-order valence-electron chi connectivity index (χ3n) is 5.13. The maximum absolute atomic E-state index is 13.6. The van der Waals surface area contributed by atoms with Gasteiger partial charge in [0.1, 0.15) is 17.2 Å². The van der Waals surface area contributed by atoms with Crippen molar-refractivity contribution in [3.8, 4) is 5.75 Å². The van der Waals surface area contributed by atoms with Crippen LogP contribution in [0.4, 0.5) is 0 Å². The number of methoxy groups -OCH3 is 1. The molecule has 1 aliphatic heterocycles. The molecule has 1 aromatic heterocycles. The summed E-state index contributed by atoms with van der Waals surface area (Å²) in [4.78, 5) is 32.4. The Bertz CT molecular complexity index is 1050. The molecule has 0 radical (unpaired) electrons. The average molecular weight is 434 g/mol. The van der Waals surface area contributed by atoms with E-state index < -0.39 is 6.04 Å². The first-order chi connectivity index (χ1) is 15.2. The number of thioether (sulfide) groups is 1. The zero-order valence-electron chi connectivity index (χ0n) is 17.1. The van der Waals surface area contributed by atoms with E-state index in [1.165, 1.54) is 0 Å². The fourth-order valence-electron chi connectivity index (χ4n) is 3.55. The Morgan fingerprint density at radius 3 is 2.71 bits per heavy atom. The Kier molecular flexibility index (Phi) is 6.52. The van der Waals surface area contributed by atoms with Gasteiger partial charge in [0.2, 0.25) is 5.91 Å². The topological polar surface area (TPSA) is 71.5 Å². The molecule has 4 rings (SSSR count). The van der Waals surface area contributed by atoms with Gasteiger partial charge in [0.25, 0.3) is 5.91 Å². The Labute approximate surface area is 185 Å². The number of rotatable bonds is 6. The third-order valence-corrected chi connectivity index (χ3v) is 6.45. The van der Waals surface area contributed by atoms with Gasteiger partial charge in [-0.15, -0.1) is 11.8 Å². The molecule has 2 unspecified atom stereocenters. The van der Waals surface area contributed by atoms with Crippen molar-refractivity contribution in [3.63, 3.8) is 0 Å². The quantitative estimate of drug-likeness (QED) is 0.642. The van der Waals surface area contributed by atoms with Gasteiger partial charge >= 0.3 is 0 Å². The third kappa shape index (κ3) is 4.72. The molecular weight excluding hydrogens is 410 g/mol. The molecule has 2 amide bonds. The van der Waals surface area contributed by atoms with Gasteiger partial charge in [-0.2, -0.15) is 0 Å². The van der Waals surface area contributed by atoms with E-state index in [0.29, 0.717) is 23.6 Å². The minimum Gasteiger partial charge on any atom is -0.497 e. The van der Waals surface area contributed by atoms with Crippen LogP contribution in [0.15, 0.2) is 79.1 Å². The highest BCUT2D eigenvalue weighted by Crippen LogP contribution is 2.42. The van der Waals surface area contributed by atoms with Gasteiger partial charge in [-0.05, 0) is 35.4 Å². The molecule has 1 saturated heterocycles. The van der Waals surface area contributed by atoms with Gasteiger partial charge in [-0.1, -0.05) is 42.5 Å². The summed E-state index contributed by atoms with van der Waals surface area (Å²) >= 11 is 1.60. The van der Waals surface area contributed by atoms with Crippen LogP contribution in [0.5, 0.6) is 5.75 Å². The van der Waals surface area contributed by atoms with E-state index in [1.807, 2.05) is 42.5 Å². The molecule has 0 spiro atoms. The lowest BCUT2D eigenvalue weighted by atomic mass is 10.1. The Hall–Kier alpha value is -3.32. The molecule has 1 N–H and O–H groups in total. The second kappa shape index (κ2) is 9.66. The number of aromatic nitrogens is 1. The van der Waals surface area contributed by atoms with Crippen LogP contribution < -0.4 is 10.1 Å². The molecular formula is C24H23N3O3S. The fraction of sp³-hybridized carbons (Fsp3) is 0.208. The predicted molar refractivity (Wildman–Crippen MR) is 121 cm³/mol. The molecule has 2 aromatic carbocycles. The Morgan fingerprint density at radius 1 is 1.13 bits per heavy atom. The number of nitrogens with zero attached hydrogens (tertiary/aromatic N) is 2. The van der Waals surface area contributed by atoms with Gasteiger partial charge in [0, 0.05) is 30.3 Å². The number of pyridine rings is 1. The first-order valence-corrected chi connectivity index (χ1v) is 11.0. The second-order valence-corrected chi connectivity index (χ2v) is 8.25. The number of carbonyl (C=O) groups is 2. The number of carbonyl (C=O) groups excluding carboxylic acids is 2. The van der Waals surface area contributed by atoms with Crippen molar-refractivity contribution in [3.05, 3.63) is 95.8 Å². The van der Waals surface area contributed by atoms with Gasteiger partial charge in [-0.25, -0.2) is 0 Å². The summed E-state index contributed by atoms with van der Waals surface area (Å²) in [5.74, 6) is 0.755. The summed E-state index contributed by atoms with van der Waals surface area (Å²) in [7, 11) is 1.57. The minimum absolute atomic E-state index is 0.175. The van der Waals surface area contributed by atoms with Crippen LogP contribution in [-0.2, 0) is 11.3 Å². The fourth-order valence-corrected chi connectivity index (χ4v) is 4.98. The average Bonchev–Trinajstić information content (AvgIpc) is 3.28. The van der Waals surface area contributed by atoms with Gasteiger partial charge in [0.15, 0.2) is 0 Å². The molecule has 1 fully saturated rings. The van der Waals surface area contributed by atoms with Crippen LogP contribution in [0, 0.1) is 0 Å². The Balaban J connectivity index is 1.60. The van der Waals surface area contributed by atoms with E-state index in [0.717, 1.165) is 11.1 Å². The van der Waals surface area contributed by atoms with Gasteiger partial charge < -0.3 is 15.0 Å². The molecule has 0 bridgehead atoms. The van der Waals surface area contributed by atoms with Crippen LogP contribution in [0.1, 0.15) is 26.9 Å². The minimum atomic E-state index is -0.578. The molecule has 158 valence electrons. The van der Waals surface area contributed by atoms with Crippen molar-refractivity contribution in [2.24, 2.45) is 0 Å². The van der Waals surface area contributed by atoms with Gasteiger partial charge in [-0.3, -0.25) is 14.6 Å². The van der Waals surface area contributed by atoms with E-state index in [1.54, 1.807) is 60.4 Å². The van der Waals surface area contributed by atoms with Crippen LogP contribution in [0.2, 0.25) is 0 Å². The molecule has 0 aliphatic carbocycles. The van der Waals surface area contributed by atoms with Crippen molar-refractivity contribution in [1.29, 1.82) is 0 Å². The summed E-state index contributed by atoms with van der Waals surface area (Å²) in [6.45, 7) is 0.366. The maximum atomic E-state index is 13.6. The summed E-state index contributed by atoms with van der Waals surface area (Å²) in [6.07, 6.45) is 3.41. The van der Waals surface area contributed by atoms with E-state index in [-0.39, 0.29) is 17.2 Å². The largest absolute Gasteiger partial charge is 0.497 e. The van der Waals surface area contributed by atoms with Crippen LogP contribution >= 0.6 is 11.8 Å². The summed E-state index contributed by atoms with van der Waals surface area (Å²) in [6, 6.07) is 20.0. The highest BCUT2D eigenvalue weighted by molar-refractivity contribution is 7.99. The lowest BCUT2D eigenvalue weighted by Gasteiger charge is -2.29. The van der Waals surface area contributed by atoms with E-state index >= 15 is 0 Å². The monoisotopic (exact) mass is 433 g/mol. The number of amides is 2. The highest BCUT2D eigenvalue weighted by atomic mass is 32.2. The van der Waals surface area contributed by atoms with Gasteiger partial charge in [0.05, 0.1) is 7.11 Å². The van der Waals surface area contributed by atoms with Crippen molar-refractivity contribution < 1.29 is 14.3 Å². The number of hydrogen-bond acceptors (Lipinski definition) is 5. The highest BCUT2D eigenvalue weighted by Gasteiger charge is 2.42. The molecule has 6 nitrogen and oxygen atoms in total. The molecule has 1 aliphatic rings. The first-order valence-electron chi connectivity index (χ1n) is 9.97. The maximum Gasteiger partial charge on any atom is 0.255 e. The molecule has 3 aromatic rings. The lowest BCUT2D eigenvalue weighted by Crippen LogP contribution is -2.47. The normalized spacial score (nSPS) is 17.9. The van der Waals surface area contributed by atoms with Crippen molar-refractivity contribution in [1.82, 2.24) is 15.2 Å². The number of hydrogen-bond donors (Lipinski definition) is 1. The van der Waals surface area contributed by atoms with Crippen molar-refractivity contribution in [2.75, 3.05) is 12.9 Å². The smallest absolute Gasteiger partial charge is 0.255 e. The molecule has 2 heterocycles. The van der Waals surface area contributed by atoms with E-state index in [4.69, 9.17) is 4.74 Å². The first kappa shape index (κ1) is 20.9. The molecule has 7 heteroatoms. The summed E-state index contributed by atoms with van der Waals surface area (Å²) in [5.41, 5.74) is 2.39. The second-order valence-electron chi connectivity index (χ2n) is 7.14. The van der Waals surface area contributed by atoms with Crippen LogP contribution in [-0.4, -0.2) is 40.6 Å². The van der Waals surface area contributed by atoms with Crippen molar-refractivity contribution in [2.45, 2.75) is 18.0 Å². The predicted octanol–water partition coefficient (Wildman–Crippen LogP) is 3.66. The number of benzene rings is 2. The molecule has 2 atom stereocenters. The summed E-state index contributed by atoms with van der Waals surface area (Å²) < 4.78 is 5.28. The van der Waals surface area contributed by atoms with Crippen LogP contribution in [0.3, 0.4) is 0 Å². The SMILES string of the molecule is COc1cccc(C(=O)N2C(C(=O)NCc3cccnc3)CSC2c2ccccc2)c1. The van der Waals surface area contributed by atoms with Crippen molar-refractivity contribution >= 4 is 23.6 Å². The number of ether oxygens (including phenoxy) is 1. The number of nitrogens with one attached hydrogen (secondary N) is 1. The van der Waals surface area contributed by atoms with Crippen LogP contribution in [0.25, 0.3) is 0 Å². The van der Waals surface area contributed by atoms with E-state index in [9.17, 15) is 9.59 Å². The summed E-state index contributed by atoms with van der Waals surface area (Å²) in [5, 5.41) is 2.72. The Morgan fingerprint density at radius 2 is 1.97 bits per heavy atom. The zero-order chi connectivity index (χ0) is 21.6. The standard InChI is InChI=1S/C24H23N3O3S/c1-30-20-11-5-10-19(13-20)23(29)27-21(16-31-24(27)18-8-3-2-4-9-18)22(28)26-15-17-7-6-12-25-14-17/h2-14,21,24H,15-16H2,1H3,(H,26,28). The van der Waals surface area contributed by atoms with E-state index in [2.05, 4.69) is 10.3 Å². The zero-order valence-corrected chi connectivity index (χ0v) is 17.9. The molecule has 31 heavy (non-hydrogen) atoms. The lowest BCUT2D eigenvalue weighted by molar-refractivity contribution is -0.125.